The maximum absolute atomic E-state index is 13.5. The van der Waals surface area contributed by atoms with Crippen molar-refractivity contribution in [1.29, 1.82) is 0 Å². The molecule has 1 spiro atoms. The van der Waals surface area contributed by atoms with Crippen molar-refractivity contribution >= 4 is 11.6 Å². The second-order valence-electron chi connectivity index (χ2n) is 10.00. The van der Waals surface area contributed by atoms with Crippen molar-refractivity contribution in [3.05, 3.63) is 29.3 Å². The molecule has 30 heavy (non-hydrogen) atoms. The molecule has 7 rings (SSSR count). The molecule has 2 unspecified atom stereocenters. The minimum Gasteiger partial charge on any atom is -0.493 e. The Hall–Kier alpha value is -2.09. The van der Waals surface area contributed by atoms with Crippen LogP contribution in [0.4, 0.5) is 5.69 Å². The Bertz CT molecular complexity index is 1020. The number of hydrogen-bond acceptors (Lipinski definition) is 5. The summed E-state index contributed by atoms with van der Waals surface area (Å²) in [5.74, 6) is 9.45. The van der Waals surface area contributed by atoms with Crippen molar-refractivity contribution < 1.29 is 23.6 Å². The van der Waals surface area contributed by atoms with Crippen LogP contribution in [0.15, 0.2) is 23.8 Å². The Balaban J connectivity index is 1.54. The topological polar surface area (TPSA) is 74.0 Å². The Labute approximate surface area is 175 Å². The molecule has 5 heterocycles. The fraction of sp³-hybridized carbons (Fsp3) is 0.609. The number of hydrogen-bond donors (Lipinski definition) is 1. The number of methoxy groups -OCH3 is 2. The summed E-state index contributed by atoms with van der Waals surface area (Å²) >= 11 is 0. The molecule has 1 aromatic rings. The first-order valence-corrected chi connectivity index (χ1v) is 11.1. The highest BCUT2D eigenvalue weighted by Gasteiger charge is 2.76. The van der Waals surface area contributed by atoms with Gasteiger partial charge in [0.05, 0.1) is 57.0 Å². The van der Waals surface area contributed by atoms with Crippen molar-refractivity contribution in [2.45, 2.75) is 42.9 Å². The third kappa shape index (κ3) is 1.75. The lowest BCUT2D eigenvalue weighted by Crippen LogP contribution is -2.74. The minimum atomic E-state index is -0.141. The second-order valence-corrected chi connectivity index (χ2v) is 10.00. The van der Waals surface area contributed by atoms with E-state index in [0.717, 1.165) is 37.4 Å². The fourth-order valence-corrected chi connectivity index (χ4v) is 8.24. The van der Waals surface area contributed by atoms with Gasteiger partial charge in [0.15, 0.2) is 11.5 Å². The van der Waals surface area contributed by atoms with E-state index in [9.17, 15) is 4.79 Å². The molecule has 7 atom stereocenters. The van der Waals surface area contributed by atoms with Crippen LogP contribution in [-0.2, 0) is 14.9 Å². The van der Waals surface area contributed by atoms with Gasteiger partial charge in [0.2, 0.25) is 5.91 Å². The van der Waals surface area contributed by atoms with Gasteiger partial charge in [-0.3, -0.25) is 4.79 Å². The number of anilines is 1. The summed E-state index contributed by atoms with van der Waals surface area (Å²) in [4.78, 5) is 15.6. The maximum Gasteiger partial charge on any atom is 0.229 e. The van der Waals surface area contributed by atoms with E-state index < -0.39 is 0 Å². The van der Waals surface area contributed by atoms with Crippen LogP contribution >= 0.6 is 0 Å². The van der Waals surface area contributed by atoms with Gasteiger partial charge in [0.1, 0.15) is 12.6 Å². The van der Waals surface area contributed by atoms with E-state index in [4.69, 9.17) is 20.1 Å². The molecule has 7 heteroatoms. The molecule has 3 saturated heterocycles. The predicted octanol–water partition coefficient (Wildman–Crippen LogP) is 1.50. The number of fused-ring (bicyclic) bond motifs is 2. The fourth-order valence-electron chi connectivity index (χ4n) is 8.24. The first-order chi connectivity index (χ1) is 14.5. The first-order valence-electron chi connectivity index (χ1n) is 11.1. The molecule has 6 aliphatic rings. The number of carbonyl (C=O) groups excluding carboxylic acids is 1. The quantitative estimate of drug-likeness (QED) is 0.454. The zero-order valence-electron chi connectivity index (χ0n) is 17.5. The first kappa shape index (κ1) is 17.6. The molecule has 1 saturated carbocycles. The smallest absolute Gasteiger partial charge is 0.229 e. The van der Waals surface area contributed by atoms with Crippen LogP contribution in [-0.4, -0.2) is 62.6 Å². The normalized spacial score (nSPS) is 44.4. The highest BCUT2D eigenvalue weighted by molar-refractivity contribution is 5.99. The van der Waals surface area contributed by atoms with E-state index in [2.05, 4.69) is 17.0 Å². The number of carbonyl (C=O) groups is 1. The monoisotopic (exact) mass is 410 g/mol. The average molecular weight is 410 g/mol. The van der Waals surface area contributed by atoms with E-state index in [1.54, 1.807) is 14.2 Å². The zero-order valence-corrected chi connectivity index (χ0v) is 17.5. The van der Waals surface area contributed by atoms with Gasteiger partial charge in [-0.15, -0.1) is 0 Å². The Morgan fingerprint density at radius 1 is 1.27 bits per heavy atom. The molecule has 2 N–H and O–H groups in total. The number of piperidine rings is 2. The summed E-state index contributed by atoms with van der Waals surface area (Å²) in [6.07, 6.45) is 4.79. The lowest BCUT2D eigenvalue weighted by Gasteiger charge is -2.58. The lowest BCUT2D eigenvalue weighted by atomic mass is 9.53. The van der Waals surface area contributed by atoms with Gasteiger partial charge in [-0.25, -0.2) is 4.59 Å². The summed E-state index contributed by atoms with van der Waals surface area (Å²) in [5.41, 5.74) is 3.54. The van der Waals surface area contributed by atoms with Gasteiger partial charge in [-0.2, -0.15) is 5.84 Å². The molecular formula is C23H28N3O4+. The van der Waals surface area contributed by atoms with Crippen LogP contribution in [0.1, 0.15) is 24.8 Å². The van der Waals surface area contributed by atoms with Crippen LogP contribution in [0.5, 0.6) is 11.5 Å². The minimum absolute atomic E-state index is 0.00759. The molecule has 1 amide bonds. The predicted molar refractivity (Wildman–Crippen MR) is 109 cm³/mol. The zero-order chi connectivity index (χ0) is 20.4. The summed E-state index contributed by atoms with van der Waals surface area (Å²) in [6, 6.07) is 4.56. The Morgan fingerprint density at radius 3 is 2.87 bits per heavy atom. The molecule has 0 aromatic heterocycles. The van der Waals surface area contributed by atoms with Crippen molar-refractivity contribution in [1.82, 2.24) is 0 Å². The third-order valence-corrected chi connectivity index (χ3v) is 9.22. The summed E-state index contributed by atoms with van der Waals surface area (Å²) < 4.78 is 18.2. The van der Waals surface area contributed by atoms with Gasteiger partial charge >= 0.3 is 0 Å². The van der Waals surface area contributed by atoms with Gasteiger partial charge in [0.25, 0.3) is 0 Å². The molecular weight excluding hydrogens is 382 g/mol. The highest BCUT2D eigenvalue weighted by atomic mass is 16.5. The summed E-state index contributed by atoms with van der Waals surface area (Å²) in [7, 11) is 3.33. The van der Waals surface area contributed by atoms with Gasteiger partial charge in [-0.05, 0) is 23.1 Å². The number of quaternary nitrogens is 1. The van der Waals surface area contributed by atoms with Crippen molar-refractivity contribution in [2.75, 3.05) is 38.8 Å². The van der Waals surface area contributed by atoms with Gasteiger partial charge < -0.3 is 19.1 Å². The SMILES string of the molecule is COc1cc2c(cc1OC)[C@@]13CC[N+]4(N)CC5=CCO[C@H]6CC(=O)N2[C@H]1[C@H]6[C@H]5CC34. The van der Waals surface area contributed by atoms with E-state index >= 15 is 0 Å². The Morgan fingerprint density at radius 2 is 2.07 bits per heavy atom. The maximum atomic E-state index is 13.5. The molecule has 0 radical (unpaired) electrons. The highest BCUT2D eigenvalue weighted by Crippen LogP contribution is 2.67. The van der Waals surface area contributed by atoms with E-state index in [1.165, 1.54) is 11.1 Å². The standard InChI is InChI=1S/C23H28N3O4/c1-28-16-8-14-15(9-17(16)29-2)25-20(27)10-18-21-13-7-19-23(14,22(21)25)4-5-26(19,24)11-12(13)3-6-30-18/h3,8-9,13,18-19,21-22H,4-7,10-11,24H2,1-2H3/q+1/t13-,18-,19?,21-,22-,23+,26?/m0/s1. The van der Waals surface area contributed by atoms with Crippen molar-refractivity contribution in [3.8, 4) is 11.5 Å². The average Bonchev–Trinajstić information content (AvgIpc) is 3.15. The number of nitrogens with two attached hydrogens (primary N) is 1. The van der Waals surface area contributed by atoms with Gasteiger partial charge in [0, 0.05) is 24.8 Å². The lowest BCUT2D eigenvalue weighted by molar-refractivity contribution is -0.954. The van der Waals surface area contributed by atoms with Crippen LogP contribution in [0.2, 0.25) is 0 Å². The van der Waals surface area contributed by atoms with Crippen LogP contribution in [0.25, 0.3) is 0 Å². The molecule has 1 aromatic carbocycles. The molecule has 158 valence electrons. The number of rotatable bonds is 2. The molecule has 5 aliphatic heterocycles. The Kier molecular flexibility index (Phi) is 3.16. The van der Waals surface area contributed by atoms with Gasteiger partial charge in [-0.1, -0.05) is 6.08 Å². The third-order valence-electron chi connectivity index (χ3n) is 9.22. The number of ether oxygens (including phenoxy) is 3. The molecule has 4 fully saturated rings. The van der Waals surface area contributed by atoms with E-state index in [1.807, 2.05) is 6.07 Å². The molecule has 7 nitrogen and oxygen atoms in total. The van der Waals surface area contributed by atoms with Crippen LogP contribution < -0.4 is 20.2 Å². The summed E-state index contributed by atoms with van der Waals surface area (Å²) in [5, 5.41) is 0. The summed E-state index contributed by atoms with van der Waals surface area (Å²) in [6.45, 7) is 2.45. The number of amides is 1. The molecule has 1 aliphatic carbocycles. The van der Waals surface area contributed by atoms with Crippen molar-refractivity contribution in [2.24, 2.45) is 17.7 Å². The van der Waals surface area contributed by atoms with Crippen LogP contribution in [0, 0.1) is 11.8 Å². The van der Waals surface area contributed by atoms with Crippen LogP contribution in [0.3, 0.4) is 0 Å². The van der Waals surface area contributed by atoms with E-state index in [-0.39, 0.29) is 23.5 Å². The van der Waals surface area contributed by atoms with Crippen molar-refractivity contribution in [3.63, 3.8) is 0 Å². The number of nitrogens with zero attached hydrogens (tertiary/aromatic N) is 2. The molecule has 2 bridgehead atoms. The largest absolute Gasteiger partial charge is 0.493 e. The number of benzene rings is 1. The van der Waals surface area contributed by atoms with E-state index in [0.29, 0.717) is 41.2 Å². The second kappa shape index (κ2) is 5.39.